The molecule has 2 heteroatoms. The molecule has 0 aliphatic heterocycles. The van der Waals surface area contributed by atoms with Gasteiger partial charge in [0.05, 0.1) is 0 Å². The lowest BCUT2D eigenvalue weighted by Gasteiger charge is -1.99. The Balaban J connectivity index is 2.79. The van der Waals surface area contributed by atoms with Crippen LogP contribution in [-0.2, 0) is 4.79 Å². The molecule has 0 aromatic carbocycles. The molecule has 0 amide bonds. The summed E-state index contributed by atoms with van der Waals surface area (Å²) in [5.41, 5.74) is 6.96. The molecule has 1 N–H and O–H groups in total. The molecule has 0 aromatic rings. The third kappa shape index (κ3) is 11.6. The third-order valence-electron chi connectivity index (χ3n) is 2.21. The second-order valence-electron chi connectivity index (χ2n) is 3.47. The van der Waals surface area contributed by atoms with Gasteiger partial charge in [-0.15, -0.1) is 0 Å². The first kappa shape index (κ1) is 12.6. The molecule has 0 atom stereocenters. The molecule has 0 aromatic heterocycles. The van der Waals surface area contributed by atoms with E-state index >= 15 is 0 Å². The molecule has 0 aliphatic rings. The summed E-state index contributed by atoms with van der Waals surface area (Å²) in [6, 6.07) is 0. The molecule has 0 aliphatic carbocycles. The Bertz CT molecular complexity index is 104. The Morgan fingerprint density at radius 3 is 1.69 bits per heavy atom. The molecule has 0 spiro atoms. The van der Waals surface area contributed by atoms with E-state index in [4.69, 9.17) is 5.73 Å². The van der Waals surface area contributed by atoms with Crippen LogP contribution >= 0.6 is 0 Å². The Labute approximate surface area is 81.9 Å². The average molecular weight is 183 g/mol. The first-order valence-electron chi connectivity index (χ1n) is 5.41. The molecule has 0 heterocycles. The predicted molar refractivity (Wildman–Crippen MR) is 55.2 cm³/mol. The summed E-state index contributed by atoms with van der Waals surface area (Å²) in [4.78, 5) is 9.87. The van der Waals surface area contributed by atoms with Crippen molar-refractivity contribution < 1.29 is 4.79 Å². The molecule has 0 fully saturated rings. The van der Waals surface area contributed by atoms with Crippen LogP contribution in [0, 0.1) is 0 Å². The Hall–Kier alpha value is -0.370. The van der Waals surface area contributed by atoms with Crippen LogP contribution in [0.25, 0.3) is 0 Å². The van der Waals surface area contributed by atoms with Gasteiger partial charge in [0, 0.05) is 13.0 Å². The van der Waals surface area contributed by atoms with Crippen molar-refractivity contribution >= 4 is 6.29 Å². The highest BCUT2D eigenvalue weighted by Gasteiger charge is 1.91. The maximum Gasteiger partial charge on any atom is 0.198 e. The van der Waals surface area contributed by atoms with E-state index in [2.05, 4.69) is 0 Å². The fourth-order valence-corrected chi connectivity index (χ4v) is 1.38. The number of hydrogen-bond acceptors (Lipinski definition) is 1. The maximum atomic E-state index is 9.87. The Morgan fingerprint density at radius 2 is 1.23 bits per heavy atom. The van der Waals surface area contributed by atoms with E-state index in [1.807, 2.05) is 6.29 Å². The lowest BCUT2D eigenvalue weighted by molar-refractivity contribution is 0.538. The molecule has 13 heavy (non-hydrogen) atoms. The van der Waals surface area contributed by atoms with Crippen LogP contribution in [-0.4, -0.2) is 12.8 Å². The average Bonchev–Trinajstić information content (AvgIpc) is 2.16. The highest BCUT2D eigenvalue weighted by atomic mass is 16.1. The lowest BCUT2D eigenvalue weighted by atomic mass is 10.1. The van der Waals surface area contributed by atoms with Crippen molar-refractivity contribution in [2.45, 2.75) is 57.8 Å². The van der Waals surface area contributed by atoms with Gasteiger partial charge in [-0.25, -0.2) is 0 Å². The van der Waals surface area contributed by atoms with Crippen molar-refractivity contribution in [1.82, 2.24) is 5.73 Å². The van der Waals surface area contributed by atoms with Crippen molar-refractivity contribution in [3.05, 3.63) is 0 Å². The van der Waals surface area contributed by atoms with Crippen molar-refractivity contribution in [3.63, 3.8) is 0 Å². The molecular formula is C11H21NO. The van der Waals surface area contributed by atoms with Crippen LogP contribution in [0.2, 0.25) is 0 Å². The standard InChI is InChI=1S/C11H21NO/c12-10-8-6-4-2-1-3-5-7-9-11-13/h12H,1-10H2. The van der Waals surface area contributed by atoms with Gasteiger partial charge < -0.3 is 0 Å². The minimum absolute atomic E-state index is 0.579. The second-order valence-corrected chi connectivity index (χ2v) is 3.47. The fraction of sp³-hybridized carbons (Fsp3) is 0.909. The summed E-state index contributed by atoms with van der Waals surface area (Å²) >= 11 is 0. The number of carbonyl (C=O) groups excluding carboxylic acids is 1. The highest BCUT2D eigenvalue weighted by Crippen LogP contribution is 2.08. The summed E-state index contributed by atoms with van der Waals surface area (Å²) in [6.07, 6.45) is 12.1. The third-order valence-corrected chi connectivity index (χ3v) is 2.21. The van der Waals surface area contributed by atoms with Gasteiger partial charge in [0.25, 0.3) is 0 Å². The minimum atomic E-state index is 0.579. The zero-order chi connectivity index (χ0) is 9.78. The zero-order valence-corrected chi connectivity index (χ0v) is 8.48. The zero-order valence-electron chi connectivity index (χ0n) is 8.48. The van der Waals surface area contributed by atoms with Crippen molar-refractivity contribution in [2.75, 3.05) is 6.54 Å². The monoisotopic (exact) mass is 183 g/mol. The van der Waals surface area contributed by atoms with Gasteiger partial charge in [0.1, 0.15) is 0 Å². The predicted octanol–water partition coefficient (Wildman–Crippen LogP) is 2.89. The van der Waals surface area contributed by atoms with Crippen LogP contribution in [0.5, 0.6) is 0 Å². The van der Waals surface area contributed by atoms with Crippen LogP contribution in [0.4, 0.5) is 0 Å². The largest absolute Gasteiger partial charge is 0.291 e. The van der Waals surface area contributed by atoms with Gasteiger partial charge in [0.15, 0.2) is 6.29 Å². The van der Waals surface area contributed by atoms with E-state index < -0.39 is 0 Å². The maximum absolute atomic E-state index is 9.87. The quantitative estimate of drug-likeness (QED) is 0.480. The second kappa shape index (κ2) is 11.6. The lowest BCUT2D eigenvalue weighted by Crippen LogP contribution is -1.86. The normalized spacial score (nSPS) is 10.2. The Morgan fingerprint density at radius 1 is 0.769 bits per heavy atom. The van der Waals surface area contributed by atoms with Gasteiger partial charge in [-0.05, 0) is 12.8 Å². The van der Waals surface area contributed by atoms with Crippen molar-refractivity contribution in [2.24, 2.45) is 0 Å². The summed E-state index contributed by atoms with van der Waals surface area (Å²) in [5.74, 6) is 0. The topological polar surface area (TPSA) is 40.9 Å². The highest BCUT2D eigenvalue weighted by molar-refractivity contribution is 5.50. The van der Waals surface area contributed by atoms with E-state index in [1.54, 1.807) is 0 Å². The smallest absolute Gasteiger partial charge is 0.198 e. The molecular weight excluding hydrogens is 162 g/mol. The minimum Gasteiger partial charge on any atom is -0.291 e. The van der Waals surface area contributed by atoms with Crippen LogP contribution in [0.3, 0.4) is 0 Å². The number of hydrogen-bond donors (Lipinski definition) is 0. The van der Waals surface area contributed by atoms with Gasteiger partial charge in [0.2, 0.25) is 0 Å². The van der Waals surface area contributed by atoms with Gasteiger partial charge >= 0.3 is 0 Å². The Kier molecular flexibility index (Phi) is 11.3. The van der Waals surface area contributed by atoms with Gasteiger partial charge in [-0.1, -0.05) is 38.5 Å². The molecule has 0 saturated carbocycles. The van der Waals surface area contributed by atoms with E-state index in [0.29, 0.717) is 13.0 Å². The van der Waals surface area contributed by atoms with E-state index in [9.17, 15) is 4.79 Å². The molecule has 0 saturated heterocycles. The molecule has 0 unspecified atom stereocenters. The number of unbranched alkanes of at least 4 members (excludes halogenated alkanes) is 8. The molecule has 0 rings (SSSR count). The molecule has 76 valence electrons. The number of nitrogens with one attached hydrogen (secondary N) is 1. The summed E-state index contributed by atoms with van der Waals surface area (Å²) in [7, 11) is 0. The van der Waals surface area contributed by atoms with E-state index in [-0.39, 0.29) is 0 Å². The summed E-state index contributed by atoms with van der Waals surface area (Å²) < 4.78 is 0. The van der Waals surface area contributed by atoms with Crippen LogP contribution in [0.15, 0.2) is 0 Å². The molecule has 2 nitrogen and oxygen atoms in total. The first-order valence-corrected chi connectivity index (χ1v) is 5.41. The van der Waals surface area contributed by atoms with Gasteiger partial charge in [-0.3, -0.25) is 10.5 Å². The molecule has 2 radical (unpaired) electrons. The fourth-order valence-electron chi connectivity index (χ4n) is 1.38. The molecule has 0 bridgehead atoms. The first-order chi connectivity index (χ1) is 6.41. The summed E-state index contributed by atoms with van der Waals surface area (Å²) in [6.45, 7) is 0.579. The van der Waals surface area contributed by atoms with Crippen molar-refractivity contribution in [3.8, 4) is 0 Å². The summed E-state index contributed by atoms with van der Waals surface area (Å²) in [5, 5.41) is 0. The van der Waals surface area contributed by atoms with E-state index in [1.165, 1.54) is 38.5 Å². The van der Waals surface area contributed by atoms with Crippen LogP contribution < -0.4 is 5.73 Å². The van der Waals surface area contributed by atoms with Gasteiger partial charge in [-0.2, -0.15) is 0 Å². The van der Waals surface area contributed by atoms with Crippen LogP contribution in [0.1, 0.15) is 57.8 Å². The van der Waals surface area contributed by atoms with Crippen molar-refractivity contribution in [1.29, 1.82) is 0 Å². The van der Waals surface area contributed by atoms with E-state index in [0.717, 1.165) is 12.8 Å². The SMILES string of the molecule is [NH]CCCCCCCCCC[C]=O. The number of rotatable bonds is 10.